The van der Waals surface area contributed by atoms with Crippen molar-refractivity contribution in [3.8, 4) is 21.8 Å². The van der Waals surface area contributed by atoms with E-state index in [0.29, 0.717) is 50.6 Å². The van der Waals surface area contributed by atoms with Crippen LogP contribution in [0.3, 0.4) is 0 Å². The third-order valence-corrected chi connectivity index (χ3v) is 14.4. The highest BCUT2D eigenvalue weighted by molar-refractivity contribution is 8.25. The van der Waals surface area contributed by atoms with Gasteiger partial charge in [-0.1, -0.05) is 17.4 Å². The van der Waals surface area contributed by atoms with Crippen LogP contribution in [-0.4, -0.2) is 115 Å². The second-order valence-corrected chi connectivity index (χ2v) is 18.0. The van der Waals surface area contributed by atoms with Gasteiger partial charge in [0.25, 0.3) is 0 Å². The molecule has 49 heavy (non-hydrogen) atoms. The molecule has 2 bridgehead atoms. The van der Waals surface area contributed by atoms with Crippen LogP contribution in [0.15, 0.2) is 30.5 Å². The highest BCUT2D eigenvalue weighted by Gasteiger charge is 2.56. The molecular weight excluding hydrogens is 704 g/mol. The number of nitrogens with one attached hydrogen (secondary N) is 2. The molecule has 20 heteroatoms. The highest BCUT2D eigenvalue weighted by atomic mass is 32.3. The maximum atomic E-state index is 16.3. The Morgan fingerprint density at radius 1 is 1.12 bits per heavy atom. The van der Waals surface area contributed by atoms with E-state index in [-0.39, 0.29) is 53.6 Å². The number of carbonyl (C=O) groups excluding carboxylic acids is 1. The zero-order valence-electron chi connectivity index (χ0n) is 25.9. The van der Waals surface area contributed by atoms with Gasteiger partial charge in [-0.05, 0) is 43.9 Å². The standard InChI is InChI=1S/C29H33FN8O8S3/c30-22-19(2-1-3-20(22)35-49(44,45)37-8-9-46-28(37)41)23-24(47-26(34-23)38-17-4-5-18(38)13-36(12-17)27(39)40)21-6-7-31-25(33-21)32-16-10-29(11-16)14-48(42,43)15-29/h1-3,6-7,16-18,35,42-43H,4-5,8-15H2,(H,39,40)(H,31,32,33). The summed E-state index contributed by atoms with van der Waals surface area (Å²) in [5.74, 6) is 0.267. The first-order valence-corrected chi connectivity index (χ1v) is 19.8. The zero-order valence-corrected chi connectivity index (χ0v) is 28.3. The predicted octanol–water partition coefficient (Wildman–Crippen LogP) is 4.17. The van der Waals surface area contributed by atoms with Crippen molar-refractivity contribution in [3.63, 3.8) is 0 Å². The van der Waals surface area contributed by atoms with Crippen LogP contribution in [0.2, 0.25) is 0 Å². The fourth-order valence-electron chi connectivity index (χ4n) is 7.73. The third kappa shape index (κ3) is 5.77. The molecule has 5 N–H and O–H groups in total. The normalized spacial score (nSPS) is 24.7. The molecule has 8 rings (SSSR count). The van der Waals surface area contributed by atoms with Crippen molar-refractivity contribution in [3.05, 3.63) is 36.3 Å². The molecule has 3 aromatic rings. The first kappa shape index (κ1) is 32.2. The molecule has 4 aliphatic heterocycles. The van der Waals surface area contributed by atoms with E-state index in [0.717, 1.165) is 25.7 Å². The van der Waals surface area contributed by atoms with Crippen molar-refractivity contribution in [1.82, 2.24) is 24.2 Å². The van der Waals surface area contributed by atoms with Gasteiger partial charge in [-0.3, -0.25) is 13.8 Å². The molecule has 2 aromatic heterocycles. The molecule has 262 valence electrons. The van der Waals surface area contributed by atoms with E-state index in [1.807, 2.05) is 0 Å². The molecule has 16 nitrogen and oxygen atoms in total. The number of nitrogens with zero attached hydrogens (tertiary/aromatic N) is 6. The first-order chi connectivity index (χ1) is 23.3. The Morgan fingerprint density at radius 3 is 2.51 bits per heavy atom. The van der Waals surface area contributed by atoms with Crippen LogP contribution in [0, 0.1) is 11.2 Å². The van der Waals surface area contributed by atoms with Gasteiger partial charge in [-0.15, -0.1) is 0 Å². The number of anilines is 3. The second kappa shape index (κ2) is 11.5. The van der Waals surface area contributed by atoms with Gasteiger partial charge in [0.1, 0.15) is 6.61 Å². The number of piperazine rings is 1. The van der Waals surface area contributed by atoms with Gasteiger partial charge in [-0.25, -0.2) is 28.9 Å². The van der Waals surface area contributed by atoms with Crippen LogP contribution < -0.4 is 14.9 Å². The maximum absolute atomic E-state index is 16.3. The van der Waals surface area contributed by atoms with E-state index in [2.05, 4.69) is 19.9 Å². The van der Waals surface area contributed by atoms with Crippen molar-refractivity contribution in [2.24, 2.45) is 5.41 Å². The van der Waals surface area contributed by atoms with Crippen LogP contribution >= 0.6 is 21.9 Å². The average Bonchev–Trinajstić information content (AvgIpc) is 3.71. The lowest BCUT2D eigenvalue weighted by Gasteiger charge is -2.63. The van der Waals surface area contributed by atoms with E-state index in [4.69, 9.17) is 14.7 Å². The lowest BCUT2D eigenvalue weighted by atomic mass is 9.67. The number of cyclic esters (lactones) is 1. The van der Waals surface area contributed by atoms with Crippen molar-refractivity contribution in [1.29, 1.82) is 0 Å². The number of aromatic nitrogens is 3. The quantitative estimate of drug-likeness (QED) is 0.220. The van der Waals surface area contributed by atoms with E-state index >= 15 is 4.39 Å². The van der Waals surface area contributed by atoms with Gasteiger partial charge in [0.05, 0.1) is 28.5 Å². The topological polar surface area (TPSA) is 211 Å². The Morgan fingerprint density at radius 2 is 1.86 bits per heavy atom. The highest BCUT2D eigenvalue weighted by Crippen LogP contribution is 2.66. The average molecular weight is 737 g/mol. The molecule has 1 saturated carbocycles. The van der Waals surface area contributed by atoms with Gasteiger partial charge < -0.3 is 25.0 Å². The van der Waals surface area contributed by atoms with E-state index in [1.54, 1.807) is 12.3 Å². The van der Waals surface area contributed by atoms with Gasteiger partial charge in [0.15, 0.2) is 10.9 Å². The van der Waals surface area contributed by atoms with Gasteiger partial charge in [0, 0.05) is 59.9 Å². The minimum Gasteiger partial charge on any atom is -0.465 e. The number of halogens is 1. The lowest BCUT2D eigenvalue weighted by Crippen LogP contribution is -2.57. The van der Waals surface area contributed by atoms with Crippen LogP contribution in [0.5, 0.6) is 0 Å². The Balaban J connectivity index is 1.13. The molecule has 0 radical (unpaired) electrons. The summed E-state index contributed by atoms with van der Waals surface area (Å²) in [7, 11) is -6.92. The minimum atomic E-state index is -4.47. The Bertz CT molecular complexity index is 1930. The lowest BCUT2D eigenvalue weighted by molar-refractivity contribution is 0.133. The Hall–Kier alpha value is -3.98. The number of carbonyl (C=O) groups is 2. The number of fused-ring (bicyclic) bond motifs is 2. The van der Waals surface area contributed by atoms with Gasteiger partial charge in [0.2, 0.25) is 5.95 Å². The third-order valence-electron chi connectivity index (χ3n) is 9.75. The molecule has 2 amide bonds. The minimum absolute atomic E-state index is 0.00347. The number of ether oxygens (including phenoxy) is 1. The number of thiazole rings is 1. The summed E-state index contributed by atoms with van der Waals surface area (Å²) >= 11 is 1.28. The predicted molar refractivity (Wildman–Crippen MR) is 180 cm³/mol. The SMILES string of the molecule is O=C(O)N1CC2CCC(C1)N2c1nc(-c2cccc(NS(=O)(=O)N3CCOC3=O)c2F)c(-c2ccnc(NC3CC4(C3)CS(O)(O)C4)n2)s1. The molecule has 1 aromatic carbocycles. The van der Waals surface area contributed by atoms with Gasteiger partial charge >= 0.3 is 22.4 Å². The van der Waals surface area contributed by atoms with Crippen LogP contribution in [0.4, 0.5) is 30.7 Å². The van der Waals surface area contributed by atoms with Crippen molar-refractivity contribution in [2.45, 2.75) is 43.8 Å². The molecule has 5 aliphatic rings. The number of carboxylic acid groups (broad SMARTS) is 1. The molecule has 2 atom stereocenters. The molecule has 2 unspecified atom stereocenters. The van der Waals surface area contributed by atoms with E-state index in [1.165, 1.54) is 34.4 Å². The number of likely N-dealkylation sites (tertiary alicyclic amines) is 1. The van der Waals surface area contributed by atoms with Crippen LogP contribution in [-0.2, 0) is 14.9 Å². The molecule has 1 aliphatic carbocycles. The summed E-state index contributed by atoms with van der Waals surface area (Å²) in [5, 5.41) is 13.5. The van der Waals surface area contributed by atoms with Crippen LogP contribution in [0.1, 0.15) is 25.7 Å². The molecule has 5 fully saturated rings. The smallest absolute Gasteiger partial charge is 0.425 e. The fourth-order valence-corrected chi connectivity index (χ4v) is 12.4. The largest absolute Gasteiger partial charge is 0.465 e. The van der Waals surface area contributed by atoms with Crippen LogP contribution in [0.25, 0.3) is 21.8 Å². The summed E-state index contributed by atoms with van der Waals surface area (Å²) < 4.78 is 69.4. The Labute approximate surface area is 285 Å². The number of benzene rings is 1. The summed E-state index contributed by atoms with van der Waals surface area (Å²) in [6.45, 7) is 0.296. The van der Waals surface area contributed by atoms with Crippen molar-refractivity contribution in [2.75, 3.05) is 52.7 Å². The van der Waals surface area contributed by atoms with E-state index < -0.39 is 38.8 Å². The second-order valence-electron chi connectivity index (χ2n) is 13.2. The molecule has 6 heterocycles. The maximum Gasteiger partial charge on any atom is 0.425 e. The number of amides is 2. The summed E-state index contributed by atoms with van der Waals surface area (Å²) in [6, 6.07) is 5.69. The Kier molecular flexibility index (Phi) is 7.59. The molecule has 4 saturated heterocycles. The molecule has 1 spiro atoms. The number of rotatable bonds is 8. The first-order valence-electron chi connectivity index (χ1n) is 15.7. The van der Waals surface area contributed by atoms with Crippen molar-refractivity contribution < 1.29 is 41.3 Å². The monoisotopic (exact) mass is 736 g/mol. The van der Waals surface area contributed by atoms with Crippen molar-refractivity contribution >= 4 is 61.1 Å². The van der Waals surface area contributed by atoms with E-state index in [9.17, 15) is 32.2 Å². The summed E-state index contributed by atoms with van der Waals surface area (Å²) in [6.07, 6.45) is 2.60. The van der Waals surface area contributed by atoms with Gasteiger partial charge in [-0.2, -0.15) is 23.3 Å². The zero-order chi connectivity index (χ0) is 34.3. The number of hydrogen-bond donors (Lipinski definition) is 5. The summed E-state index contributed by atoms with van der Waals surface area (Å²) in [5.41, 5.74) is 0.216. The summed E-state index contributed by atoms with van der Waals surface area (Å²) in [4.78, 5) is 41.8. The fraction of sp³-hybridized carbons (Fsp3) is 0.483. The molecular formula is C29H33FN8O8S3. The number of hydrogen-bond acceptors (Lipinski definition) is 13.